The van der Waals surface area contributed by atoms with Crippen LogP contribution in [0, 0.1) is 13.8 Å². The van der Waals surface area contributed by atoms with E-state index >= 15 is 0 Å². The minimum Gasteiger partial charge on any atom is -0.507 e. The molecule has 0 fully saturated rings. The Kier molecular flexibility index (Phi) is 5.78. The Morgan fingerprint density at radius 3 is 2.62 bits per heavy atom. The lowest BCUT2D eigenvalue weighted by Gasteiger charge is -2.08. The number of nitrogens with one attached hydrogen (secondary N) is 2. The summed E-state index contributed by atoms with van der Waals surface area (Å²) in [5.74, 6) is -0.103. The molecule has 0 unspecified atom stereocenters. The number of phenolic OH excluding ortho intramolecular Hbond substituents is 1. The lowest BCUT2D eigenvalue weighted by molar-refractivity contribution is 0.0952. The Morgan fingerprint density at radius 1 is 1.17 bits per heavy atom. The molecule has 0 saturated heterocycles. The summed E-state index contributed by atoms with van der Waals surface area (Å²) < 4.78 is 0. The van der Waals surface area contributed by atoms with Gasteiger partial charge in [-0.05, 0) is 49.2 Å². The summed E-state index contributed by atoms with van der Waals surface area (Å²) in [4.78, 5) is 16.1. The van der Waals surface area contributed by atoms with Gasteiger partial charge in [0.25, 0.3) is 5.91 Å². The number of phenols is 1. The van der Waals surface area contributed by atoms with Gasteiger partial charge >= 0.3 is 0 Å². The number of hydrogen-bond acceptors (Lipinski definition) is 3. The van der Waals surface area contributed by atoms with E-state index in [0.29, 0.717) is 13.1 Å². The Hall–Kier alpha value is -3.02. The molecule has 1 amide bonds. The Morgan fingerprint density at radius 2 is 1.92 bits per heavy atom. The average molecular weight is 326 g/mol. The highest BCUT2D eigenvalue weighted by atomic mass is 16.3. The molecule has 2 aromatic carbocycles. The van der Waals surface area contributed by atoms with Crippen LogP contribution in [0.4, 0.5) is 5.69 Å². The van der Waals surface area contributed by atoms with Crippen molar-refractivity contribution in [1.29, 1.82) is 0 Å². The maximum absolute atomic E-state index is 11.9. The minimum atomic E-state index is -0.344. The van der Waals surface area contributed by atoms with Gasteiger partial charge in [-0.1, -0.05) is 18.2 Å². The van der Waals surface area contributed by atoms with Gasteiger partial charge in [0.05, 0.1) is 12.1 Å². The monoisotopic (exact) mass is 326 g/mol. The van der Waals surface area contributed by atoms with Crippen LogP contribution >= 0.6 is 0 Å². The van der Waals surface area contributed by atoms with Gasteiger partial charge in [0.2, 0.25) is 0 Å². The van der Waals surface area contributed by atoms with E-state index < -0.39 is 0 Å². The summed E-state index contributed by atoms with van der Waals surface area (Å²) in [5.41, 5.74) is 9.32. The van der Waals surface area contributed by atoms with Crippen molar-refractivity contribution < 1.29 is 9.90 Å². The minimum absolute atomic E-state index is 0.0468. The van der Waals surface area contributed by atoms with E-state index in [0.717, 1.165) is 5.69 Å². The van der Waals surface area contributed by atoms with Crippen molar-refractivity contribution in [2.24, 2.45) is 10.7 Å². The summed E-state index contributed by atoms with van der Waals surface area (Å²) in [6.07, 6.45) is 0. The van der Waals surface area contributed by atoms with E-state index in [1.165, 1.54) is 17.2 Å². The number of hydrogen-bond donors (Lipinski definition) is 4. The van der Waals surface area contributed by atoms with Crippen molar-refractivity contribution in [3.05, 3.63) is 59.2 Å². The molecule has 0 radical (unpaired) electrons. The van der Waals surface area contributed by atoms with Gasteiger partial charge in [-0.15, -0.1) is 0 Å². The van der Waals surface area contributed by atoms with Crippen molar-refractivity contribution >= 4 is 17.6 Å². The predicted octanol–water partition coefficient (Wildman–Crippen LogP) is 2.17. The molecule has 2 aromatic rings. The first-order valence-electron chi connectivity index (χ1n) is 7.68. The maximum Gasteiger partial charge on any atom is 0.255 e. The fourth-order valence-electron chi connectivity index (χ4n) is 2.11. The van der Waals surface area contributed by atoms with Crippen LogP contribution in [0.25, 0.3) is 0 Å². The molecule has 5 N–H and O–H groups in total. The third-order valence-electron chi connectivity index (χ3n) is 3.61. The second-order valence-electron chi connectivity index (χ2n) is 5.46. The van der Waals surface area contributed by atoms with Gasteiger partial charge in [0, 0.05) is 12.2 Å². The smallest absolute Gasteiger partial charge is 0.255 e. The van der Waals surface area contributed by atoms with Crippen molar-refractivity contribution in [3.63, 3.8) is 0 Å². The van der Waals surface area contributed by atoms with Crippen LogP contribution in [0.1, 0.15) is 21.5 Å². The largest absolute Gasteiger partial charge is 0.507 e. The van der Waals surface area contributed by atoms with Crippen molar-refractivity contribution in [1.82, 2.24) is 5.32 Å². The first-order chi connectivity index (χ1) is 11.5. The highest BCUT2D eigenvalue weighted by Crippen LogP contribution is 2.15. The molecule has 0 aliphatic rings. The van der Waals surface area contributed by atoms with Gasteiger partial charge < -0.3 is 21.5 Å². The molecule has 0 bridgehead atoms. The number of nitrogens with zero attached hydrogens (tertiary/aromatic N) is 1. The number of para-hydroxylation sites is 1. The lowest BCUT2D eigenvalue weighted by atomic mass is 10.1. The number of nitrogens with two attached hydrogens (primary N) is 1. The number of rotatable bonds is 5. The van der Waals surface area contributed by atoms with Crippen molar-refractivity contribution in [2.45, 2.75) is 13.8 Å². The molecule has 126 valence electrons. The van der Waals surface area contributed by atoms with Crippen molar-refractivity contribution in [3.8, 4) is 5.75 Å². The number of guanidine groups is 1. The number of aliphatic imine (C=N–C) groups is 1. The number of aryl methyl sites for hydroxylation is 2. The molecule has 0 saturated carbocycles. The van der Waals surface area contributed by atoms with Crippen LogP contribution in [-0.2, 0) is 0 Å². The fraction of sp³-hybridized carbons (Fsp3) is 0.222. The second-order valence-corrected chi connectivity index (χ2v) is 5.46. The number of amides is 1. The summed E-state index contributed by atoms with van der Waals surface area (Å²) >= 11 is 0. The average Bonchev–Trinajstić information content (AvgIpc) is 2.55. The normalized spacial score (nSPS) is 11.2. The number of carbonyl (C=O) groups is 1. The van der Waals surface area contributed by atoms with Crippen molar-refractivity contribution in [2.75, 3.05) is 18.4 Å². The second kappa shape index (κ2) is 8.01. The van der Waals surface area contributed by atoms with E-state index in [1.807, 2.05) is 32.0 Å². The number of aromatic hydroxyl groups is 1. The molecule has 0 heterocycles. The zero-order valence-electron chi connectivity index (χ0n) is 13.8. The highest BCUT2D eigenvalue weighted by Gasteiger charge is 2.08. The molecular formula is C18H22N4O2. The highest BCUT2D eigenvalue weighted by molar-refractivity contribution is 5.96. The van der Waals surface area contributed by atoms with Crippen LogP contribution in [-0.4, -0.2) is 30.1 Å². The SMILES string of the molecule is Cc1ccc(NC(N)=NCCNC(=O)c2ccccc2O)cc1C. The standard InChI is InChI=1S/C18H22N4O2/c1-12-7-8-14(11-13(12)2)22-18(19)21-10-9-20-17(24)15-5-3-4-6-16(15)23/h3-8,11,23H,9-10H2,1-2H3,(H,20,24)(H3,19,21,22). The van der Waals surface area contributed by atoms with E-state index in [1.54, 1.807) is 18.2 Å². The third kappa shape index (κ3) is 4.74. The van der Waals surface area contributed by atoms with E-state index in [9.17, 15) is 9.90 Å². The molecular weight excluding hydrogens is 304 g/mol. The third-order valence-corrected chi connectivity index (χ3v) is 3.61. The quantitative estimate of drug-likeness (QED) is 0.384. The molecule has 24 heavy (non-hydrogen) atoms. The Bertz CT molecular complexity index is 756. The van der Waals surface area contributed by atoms with E-state index in [4.69, 9.17) is 5.73 Å². The van der Waals surface area contributed by atoms with Crippen LogP contribution < -0.4 is 16.4 Å². The molecule has 6 heteroatoms. The zero-order chi connectivity index (χ0) is 17.5. The van der Waals surface area contributed by atoms with Crippen LogP contribution in [0.15, 0.2) is 47.5 Å². The molecule has 0 aliphatic carbocycles. The summed E-state index contributed by atoms with van der Waals surface area (Å²) in [5, 5.41) is 15.3. The summed E-state index contributed by atoms with van der Waals surface area (Å²) in [7, 11) is 0. The molecule has 0 spiro atoms. The van der Waals surface area contributed by atoms with Gasteiger partial charge in [-0.25, -0.2) is 0 Å². The number of anilines is 1. The lowest BCUT2D eigenvalue weighted by Crippen LogP contribution is -2.28. The Labute approximate surface area is 141 Å². The fourth-order valence-corrected chi connectivity index (χ4v) is 2.11. The maximum atomic E-state index is 11.9. The van der Waals surface area contributed by atoms with Gasteiger partial charge in [-0.3, -0.25) is 9.79 Å². The van der Waals surface area contributed by atoms with E-state index in [-0.39, 0.29) is 23.2 Å². The first-order valence-corrected chi connectivity index (χ1v) is 7.68. The zero-order valence-corrected chi connectivity index (χ0v) is 13.8. The number of carbonyl (C=O) groups excluding carboxylic acids is 1. The van der Waals surface area contributed by atoms with Crippen LogP contribution in [0.3, 0.4) is 0 Å². The first kappa shape index (κ1) is 17.3. The van der Waals surface area contributed by atoms with E-state index in [2.05, 4.69) is 15.6 Å². The molecule has 6 nitrogen and oxygen atoms in total. The molecule has 2 rings (SSSR count). The van der Waals surface area contributed by atoms with Crippen LogP contribution in [0.5, 0.6) is 5.75 Å². The predicted molar refractivity (Wildman–Crippen MR) is 96.5 cm³/mol. The van der Waals surface area contributed by atoms with Gasteiger partial charge in [0.15, 0.2) is 5.96 Å². The van der Waals surface area contributed by atoms with Gasteiger partial charge in [0.1, 0.15) is 5.75 Å². The summed E-state index contributed by atoms with van der Waals surface area (Å²) in [6.45, 7) is 4.73. The number of benzene rings is 2. The molecule has 0 aliphatic heterocycles. The molecule has 0 atom stereocenters. The van der Waals surface area contributed by atoms with Gasteiger partial charge in [-0.2, -0.15) is 0 Å². The topological polar surface area (TPSA) is 99.7 Å². The van der Waals surface area contributed by atoms with Crippen LogP contribution in [0.2, 0.25) is 0 Å². The Balaban J connectivity index is 1.82. The molecule has 0 aromatic heterocycles. The summed E-state index contributed by atoms with van der Waals surface area (Å²) in [6, 6.07) is 12.3.